The molecule has 2 rings (SSSR count). The number of alkyl halides is 2. The summed E-state index contributed by atoms with van der Waals surface area (Å²) in [6.45, 7) is 1.87. The molecule has 1 aliphatic rings. The minimum atomic E-state index is -3.95. The van der Waals surface area contributed by atoms with Gasteiger partial charge in [0.25, 0.3) is 10.0 Å². The summed E-state index contributed by atoms with van der Waals surface area (Å²) < 4.78 is 48.9. The largest absolute Gasteiger partial charge is 0.326 e. The van der Waals surface area contributed by atoms with Crippen molar-refractivity contribution < 1.29 is 22.0 Å². The molecule has 0 bridgehead atoms. The molecule has 0 aliphatic heterocycles. The molecule has 0 saturated heterocycles. The Labute approximate surface area is 139 Å². The van der Waals surface area contributed by atoms with Crippen molar-refractivity contribution in [3.05, 3.63) is 18.3 Å². The fraction of sp³-hybridized carbons (Fsp3) is 0.600. The smallest absolute Gasteiger partial charge is 0.255 e. The van der Waals surface area contributed by atoms with Crippen LogP contribution in [0.2, 0.25) is 0 Å². The lowest BCUT2D eigenvalue weighted by atomic mass is 9.78. The Morgan fingerprint density at radius 2 is 2.08 bits per heavy atom. The molecule has 6 nitrogen and oxygen atoms in total. The van der Waals surface area contributed by atoms with E-state index in [-0.39, 0.29) is 47.7 Å². The van der Waals surface area contributed by atoms with Gasteiger partial charge in [-0.1, -0.05) is 6.92 Å². The third-order valence-electron chi connectivity index (χ3n) is 4.38. The van der Waals surface area contributed by atoms with Crippen LogP contribution in [-0.4, -0.2) is 25.2 Å². The Morgan fingerprint density at radius 3 is 2.67 bits per heavy atom. The zero-order valence-electron chi connectivity index (χ0n) is 13.3. The van der Waals surface area contributed by atoms with Crippen LogP contribution in [0.1, 0.15) is 39.0 Å². The van der Waals surface area contributed by atoms with Crippen LogP contribution < -0.4 is 10.5 Å². The molecule has 1 heterocycles. The van der Waals surface area contributed by atoms with E-state index in [1.54, 1.807) is 0 Å². The van der Waals surface area contributed by atoms with E-state index in [9.17, 15) is 22.0 Å². The third-order valence-corrected chi connectivity index (χ3v) is 5.19. The molecule has 1 atom stereocenters. The van der Waals surface area contributed by atoms with E-state index in [0.717, 1.165) is 0 Å². The van der Waals surface area contributed by atoms with Gasteiger partial charge in [-0.15, -0.1) is 0 Å². The summed E-state index contributed by atoms with van der Waals surface area (Å²) in [7, 11) is -3.95. The molecule has 1 amide bonds. The van der Waals surface area contributed by atoms with Crippen LogP contribution >= 0.6 is 0 Å². The highest BCUT2D eigenvalue weighted by Crippen LogP contribution is 2.39. The summed E-state index contributed by atoms with van der Waals surface area (Å²) in [6.07, 6.45) is 1.97. The van der Waals surface area contributed by atoms with Gasteiger partial charge in [0.1, 0.15) is 0 Å². The van der Waals surface area contributed by atoms with Crippen molar-refractivity contribution in [1.82, 2.24) is 4.98 Å². The predicted molar refractivity (Wildman–Crippen MR) is 84.9 cm³/mol. The van der Waals surface area contributed by atoms with Crippen molar-refractivity contribution in [3.63, 3.8) is 0 Å². The summed E-state index contributed by atoms with van der Waals surface area (Å²) in [5.41, 5.74) is 0.279. The quantitative estimate of drug-likeness (QED) is 0.841. The number of primary sulfonamides is 1. The Bertz CT molecular complexity index is 700. The van der Waals surface area contributed by atoms with E-state index < -0.39 is 15.9 Å². The molecule has 3 N–H and O–H groups in total. The standard InChI is InChI=1S/C15H21F2N3O3S/c1-10(11-2-5-15(16,17)6-3-11)8-13(21)20-12-4-7-19-14(9-12)24(18,22)23/h4,7,9-11H,2-3,5-6,8H2,1H3,(H2,18,22,23)(H,19,20,21). The van der Waals surface area contributed by atoms with E-state index >= 15 is 0 Å². The monoisotopic (exact) mass is 361 g/mol. The number of amides is 1. The van der Waals surface area contributed by atoms with Gasteiger partial charge in [0, 0.05) is 37.2 Å². The number of carbonyl (C=O) groups is 1. The van der Waals surface area contributed by atoms with Crippen molar-refractivity contribution in [2.24, 2.45) is 17.0 Å². The maximum atomic E-state index is 13.2. The lowest BCUT2D eigenvalue weighted by Crippen LogP contribution is -2.29. The fourth-order valence-corrected chi connectivity index (χ4v) is 3.44. The van der Waals surface area contributed by atoms with Gasteiger partial charge in [-0.3, -0.25) is 4.79 Å². The van der Waals surface area contributed by atoms with Crippen LogP contribution in [0.25, 0.3) is 0 Å². The van der Waals surface area contributed by atoms with E-state index in [1.165, 1.54) is 18.3 Å². The van der Waals surface area contributed by atoms with Crippen LogP contribution in [0.5, 0.6) is 0 Å². The van der Waals surface area contributed by atoms with Gasteiger partial charge in [0.15, 0.2) is 5.03 Å². The number of nitrogens with zero attached hydrogens (tertiary/aromatic N) is 1. The van der Waals surface area contributed by atoms with E-state index in [2.05, 4.69) is 10.3 Å². The van der Waals surface area contributed by atoms with Crippen molar-refractivity contribution in [2.75, 3.05) is 5.32 Å². The molecule has 1 unspecified atom stereocenters. The number of hydrogen-bond acceptors (Lipinski definition) is 4. The summed E-state index contributed by atoms with van der Waals surface area (Å²) in [5.74, 6) is -2.82. The average Bonchev–Trinajstić information content (AvgIpc) is 2.46. The normalized spacial score (nSPS) is 19.7. The first-order chi connectivity index (χ1) is 11.1. The second-order valence-electron chi connectivity index (χ2n) is 6.35. The second kappa shape index (κ2) is 7.10. The Morgan fingerprint density at radius 1 is 1.46 bits per heavy atom. The van der Waals surface area contributed by atoms with Crippen LogP contribution in [0.4, 0.5) is 14.5 Å². The molecular weight excluding hydrogens is 340 g/mol. The van der Waals surface area contributed by atoms with Crippen LogP contribution in [0.3, 0.4) is 0 Å². The highest BCUT2D eigenvalue weighted by atomic mass is 32.2. The topological polar surface area (TPSA) is 102 Å². The molecule has 9 heteroatoms. The number of nitrogens with two attached hydrogens (primary N) is 1. The number of aromatic nitrogens is 1. The molecule has 134 valence electrons. The van der Waals surface area contributed by atoms with Gasteiger partial charge >= 0.3 is 0 Å². The number of nitrogens with one attached hydrogen (secondary N) is 1. The van der Waals surface area contributed by atoms with Gasteiger partial charge in [-0.25, -0.2) is 27.3 Å². The first-order valence-electron chi connectivity index (χ1n) is 7.73. The van der Waals surface area contributed by atoms with Gasteiger partial charge in [0.2, 0.25) is 11.8 Å². The van der Waals surface area contributed by atoms with E-state index in [4.69, 9.17) is 5.14 Å². The Balaban J connectivity index is 1.91. The minimum Gasteiger partial charge on any atom is -0.326 e. The molecular formula is C15H21F2N3O3S. The Hall–Kier alpha value is -1.61. The molecule has 24 heavy (non-hydrogen) atoms. The molecule has 1 aliphatic carbocycles. The predicted octanol–water partition coefficient (Wildman–Crippen LogP) is 2.52. The van der Waals surface area contributed by atoms with Crippen LogP contribution in [0.15, 0.2) is 23.4 Å². The second-order valence-corrected chi connectivity index (χ2v) is 7.86. The van der Waals surface area contributed by atoms with Gasteiger partial charge in [-0.2, -0.15) is 0 Å². The lowest BCUT2D eigenvalue weighted by Gasteiger charge is -2.31. The highest BCUT2D eigenvalue weighted by molar-refractivity contribution is 7.89. The van der Waals surface area contributed by atoms with Gasteiger partial charge in [-0.05, 0) is 30.7 Å². The van der Waals surface area contributed by atoms with Crippen molar-refractivity contribution in [1.29, 1.82) is 0 Å². The molecule has 0 spiro atoms. The number of anilines is 1. The van der Waals surface area contributed by atoms with E-state index in [0.29, 0.717) is 12.8 Å². The van der Waals surface area contributed by atoms with Crippen molar-refractivity contribution in [2.45, 2.75) is 50.0 Å². The molecule has 1 aromatic rings. The number of carbonyl (C=O) groups excluding carboxylic acids is 1. The first-order valence-corrected chi connectivity index (χ1v) is 9.28. The number of hydrogen-bond donors (Lipinski definition) is 2. The van der Waals surface area contributed by atoms with Crippen LogP contribution in [0, 0.1) is 11.8 Å². The summed E-state index contributed by atoms with van der Waals surface area (Å²) in [4.78, 5) is 15.7. The Kier molecular flexibility index (Phi) is 5.54. The minimum absolute atomic E-state index is 0.0272. The zero-order chi connectivity index (χ0) is 18.0. The van der Waals surface area contributed by atoms with Crippen molar-refractivity contribution in [3.8, 4) is 0 Å². The lowest BCUT2D eigenvalue weighted by molar-refractivity contribution is -0.117. The summed E-state index contributed by atoms with van der Waals surface area (Å²) in [5, 5.41) is 7.26. The number of halogens is 2. The number of pyridine rings is 1. The maximum Gasteiger partial charge on any atom is 0.255 e. The highest BCUT2D eigenvalue weighted by Gasteiger charge is 2.36. The van der Waals surface area contributed by atoms with E-state index in [1.807, 2.05) is 6.92 Å². The van der Waals surface area contributed by atoms with Crippen molar-refractivity contribution >= 4 is 21.6 Å². The van der Waals surface area contributed by atoms with Gasteiger partial charge < -0.3 is 5.32 Å². The SMILES string of the molecule is CC(CC(=O)Nc1ccnc(S(N)(=O)=O)c1)C1CCC(F)(F)CC1. The first kappa shape index (κ1) is 18.7. The molecule has 1 fully saturated rings. The molecule has 0 radical (unpaired) electrons. The summed E-state index contributed by atoms with van der Waals surface area (Å²) in [6, 6.07) is 2.64. The average molecular weight is 361 g/mol. The molecule has 1 aromatic heterocycles. The molecule has 0 aromatic carbocycles. The summed E-state index contributed by atoms with van der Waals surface area (Å²) >= 11 is 0. The third kappa shape index (κ3) is 5.20. The molecule has 1 saturated carbocycles. The fourth-order valence-electron chi connectivity index (χ4n) is 2.95. The van der Waals surface area contributed by atoms with Crippen LogP contribution in [-0.2, 0) is 14.8 Å². The number of sulfonamides is 1. The zero-order valence-corrected chi connectivity index (χ0v) is 14.2. The maximum absolute atomic E-state index is 13.2. The van der Waals surface area contributed by atoms with Gasteiger partial charge in [0.05, 0.1) is 0 Å². The number of rotatable bonds is 5.